The van der Waals surface area contributed by atoms with Crippen LogP contribution in [-0.4, -0.2) is 35.4 Å². The van der Waals surface area contributed by atoms with Crippen LogP contribution in [0.25, 0.3) is 11.1 Å². The van der Waals surface area contributed by atoms with E-state index in [9.17, 15) is 9.00 Å². The van der Waals surface area contributed by atoms with Crippen LogP contribution in [0.5, 0.6) is 0 Å². The van der Waals surface area contributed by atoms with Gasteiger partial charge < -0.3 is 4.55 Å². The van der Waals surface area contributed by atoms with E-state index in [0.29, 0.717) is 6.54 Å². The van der Waals surface area contributed by atoms with E-state index in [1.165, 1.54) is 6.92 Å². The SMILES string of the molecule is C[C@](CCn1cc(-c2ccccc2)cn1)(CS(=O)O)C(=O)NO. The molecule has 0 saturated carbocycles. The fraction of sp³-hybridized carbons (Fsp3) is 0.333. The van der Waals surface area contributed by atoms with Crippen LogP contribution in [0.4, 0.5) is 0 Å². The summed E-state index contributed by atoms with van der Waals surface area (Å²) in [5, 5.41) is 13.1. The Hall–Kier alpha value is -2.03. The normalized spacial score (nSPS) is 14.9. The Labute approximate surface area is 136 Å². The summed E-state index contributed by atoms with van der Waals surface area (Å²) in [5.74, 6) is -0.943. The molecule has 1 unspecified atom stereocenters. The minimum atomic E-state index is -2.14. The van der Waals surface area contributed by atoms with Gasteiger partial charge in [0.15, 0.2) is 11.1 Å². The van der Waals surface area contributed by atoms with Crippen molar-refractivity contribution >= 4 is 17.0 Å². The van der Waals surface area contributed by atoms with Gasteiger partial charge in [-0.15, -0.1) is 0 Å². The van der Waals surface area contributed by atoms with Gasteiger partial charge in [-0.1, -0.05) is 30.3 Å². The average Bonchev–Trinajstić information content (AvgIpc) is 3.01. The summed E-state index contributed by atoms with van der Waals surface area (Å²) >= 11 is -2.14. The van der Waals surface area contributed by atoms with Crippen molar-refractivity contribution < 1.29 is 18.8 Å². The van der Waals surface area contributed by atoms with Crippen molar-refractivity contribution in [1.29, 1.82) is 0 Å². The van der Waals surface area contributed by atoms with Crippen molar-refractivity contribution in [1.82, 2.24) is 15.3 Å². The minimum absolute atomic E-state index is 0.258. The van der Waals surface area contributed by atoms with Crippen molar-refractivity contribution in [3.05, 3.63) is 42.7 Å². The molecule has 0 aliphatic rings. The number of amides is 1. The van der Waals surface area contributed by atoms with Crippen LogP contribution >= 0.6 is 0 Å². The molecule has 2 rings (SSSR count). The van der Waals surface area contributed by atoms with Crippen LogP contribution < -0.4 is 5.48 Å². The number of carbonyl (C=O) groups is 1. The van der Waals surface area contributed by atoms with Crippen LogP contribution in [0.1, 0.15) is 13.3 Å². The molecule has 0 radical (unpaired) electrons. The predicted octanol–water partition coefficient (Wildman–Crippen LogP) is 1.67. The fourth-order valence-electron chi connectivity index (χ4n) is 2.29. The molecule has 8 heteroatoms. The number of hydroxylamine groups is 1. The molecular formula is C15H19N3O4S. The highest BCUT2D eigenvalue weighted by atomic mass is 32.2. The summed E-state index contributed by atoms with van der Waals surface area (Å²) in [6, 6.07) is 9.75. The lowest BCUT2D eigenvalue weighted by molar-refractivity contribution is -0.138. The lowest BCUT2D eigenvalue weighted by Gasteiger charge is -2.25. The van der Waals surface area contributed by atoms with E-state index in [1.807, 2.05) is 36.5 Å². The summed E-state index contributed by atoms with van der Waals surface area (Å²) in [6.45, 7) is 1.92. The monoisotopic (exact) mass is 337 g/mol. The lowest BCUT2D eigenvalue weighted by atomic mass is 9.88. The molecule has 1 heterocycles. The van der Waals surface area contributed by atoms with Crippen molar-refractivity contribution in [2.24, 2.45) is 5.41 Å². The van der Waals surface area contributed by atoms with Gasteiger partial charge in [-0.25, -0.2) is 9.69 Å². The molecule has 0 fully saturated rings. The van der Waals surface area contributed by atoms with E-state index in [1.54, 1.807) is 16.4 Å². The van der Waals surface area contributed by atoms with E-state index in [2.05, 4.69) is 5.10 Å². The lowest BCUT2D eigenvalue weighted by Crippen LogP contribution is -2.42. The molecule has 0 aliphatic carbocycles. The summed E-state index contributed by atoms with van der Waals surface area (Å²) in [4.78, 5) is 11.8. The quantitative estimate of drug-likeness (QED) is 0.405. The van der Waals surface area contributed by atoms with E-state index in [4.69, 9.17) is 9.76 Å². The predicted molar refractivity (Wildman–Crippen MR) is 86.0 cm³/mol. The first kappa shape index (κ1) is 17.3. The molecule has 0 bridgehead atoms. The molecular weight excluding hydrogens is 318 g/mol. The molecule has 0 saturated heterocycles. The molecule has 1 aromatic heterocycles. The van der Waals surface area contributed by atoms with E-state index >= 15 is 0 Å². The minimum Gasteiger partial charge on any atom is -0.306 e. The highest BCUT2D eigenvalue weighted by molar-refractivity contribution is 7.79. The molecule has 2 atom stereocenters. The van der Waals surface area contributed by atoms with Crippen LogP contribution in [0.3, 0.4) is 0 Å². The van der Waals surface area contributed by atoms with Gasteiger partial charge in [0, 0.05) is 18.3 Å². The number of nitrogens with zero attached hydrogens (tertiary/aromatic N) is 2. The van der Waals surface area contributed by atoms with Crippen LogP contribution in [-0.2, 0) is 22.4 Å². The van der Waals surface area contributed by atoms with Crippen LogP contribution in [0, 0.1) is 5.41 Å². The molecule has 7 nitrogen and oxygen atoms in total. The maximum absolute atomic E-state index is 11.8. The summed E-state index contributed by atoms with van der Waals surface area (Å²) in [5.41, 5.74) is 2.39. The summed E-state index contributed by atoms with van der Waals surface area (Å²) < 4.78 is 21.8. The number of hydrogen-bond donors (Lipinski definition) is 3. The Balaban J connectivity index is 2.08. The van der Waals surface area contributed by atoms with Crippen molar-refractivity contribution in [3.63, 3.8) is 0 Å². The largest absolute Gasteiger partial charge is 0.306 e. The summed E-state index contributed by atoms with van der Waals surface area (Å²) in [7, 11) is 0. The van der Waals surface area contributed by atoms with Crippen LogP contribution in [0.2, 0.25) is 0 Å². The first-order valence-electron chi connectivity index (χ1n) is 7.04. The van der Waals surface area contributed by atoms with Crippen LogP contribution in [0.15, 0.2) is 42.7 Å². The second-order valence-corrected chi connectivity index (χ2v) is 6.51. The Kier molecular flexibility index (Phi) is 5.64. The average molecular weight is 337 g/mol. The zero-order valence-corrected chi connectivity index (χ0v) is 13.5. The highest BCUT2D eigenvalue weighted by Crippen LogP contribution is 2.24. The van der Waals surface area contributed by atoms with Gasteiger partial charge in [-0.3, -0.25) is 14.7 Å². The molecule has 0 spiro atoms. The third-order valence-electron chi connectivity index (χ3n) is 3.72. The summed E-state index contributed by atoms with van der Waals surface area (Å²) in [6.07, 6.45) is 3.84. The second kappa shape index (κ2) is 7.49. The Morgan fingerprint density at radius 1 is 1.35 bits per heavy atom. The number of nitrogens with one attached hydrogen (secondary N) is 1. The number of benzene rings is 1. The zero-order chi connectivity index (χ0) is 16.9. The fourth-order valence-corrected chi connectivity index (χ4v) is 3.11. The van der Waals surface area contributed by atoms with Crippen molar-refractivity contribution in [3.8, 4) is 11.1 Å². The number of carbonyl (C=O) groups excluding carboxylic acids is 1. The van der Waals surface area contributed by atoms with Gasteiger partial charge in [0.25, 0.3) is 0 Å². The molecule has 124 valence electrons. The van der Waals surface area contributed by atoms with Gasteiger partial charge in [0.1, 0.15) is 0 Å². The Morgan fingerprint density at radius 3 is 2.65 bits per heavy atom. The van der Waals surface area contributed by atoms with Gasteiger partial charge in [0.2, 0.25) is 5.91 Å². The zero-order valence-electron chi connectivity index (χ0n) is 12.7. The molecule has 3 N–H and O–H groups in total. The number of aryl methyl sites for hydroxylation is 1. The van der Waals surface area contributed by atoms with Crippen molar-refractivity contribution in [2.75, 3.05) is 5.75 Å². The third-order valence-corrected chi connectivity index (χ3v) is 4.61. The maximum Gasteiger partial charge on any atom is 0.250 e. The van der Waals surface area contributed by atoms with Gasteiger partial charge in [-0.2, -0.15) is 5.10 Å². The Morgan fingerprint density at radius 2 is 2.04 bits per heavy atom. The van der Waals surface area contributed by atoms with E-state index in [0.717, 1.165) is 11.1 Å². The number of aromatic nitrogens is 2. The van der Waals surface area contributed by atoms with Crippen molar-refractivity contribution in [2.45, 2.75) is 19.9 Å². The first-order chi connectivity index (χ1) is 10.9. The topological polar surface area (TPSA) is 104 Å². The van der Waals surface area contributed by atoms with E-state index in [-0.39, 0.29) is 12.2 Å². The molecule has 2 aromatic rings. The standard InChI is InChI=1S/C15H19N3O4S/c1-15(11-23(21)22,14(19)17-20)7-8-18-10-13(9-16-18)12-5-3-2-4-6-12/h2-6,9-10,20H,7-8,11H2,1H3,(H,17,19)(H,21,22)/t15-/m0/s1. The third kappa shape index (κ3) is 4.47. The molecule has 1 aromatic carbocycles. The molecule has 0 aliphatic heterocycles. The van der Waals surface area contributed by atoms with Gasteiger partial charge in [-0.05, 0) is 18.9 Å². The number of rotatable bonds is 7. The van der Waals surface area contributed by atoms with Gasteiger partial charge in [0.05, 0.1) is 17.4 Å². The second-order valence-electron chi connectivity index (χ2n) is 5.58. The van der Waals surface area contributed by atoms with E-state index < -0.39 is 22.4 Å². The molecule has 1 amide bonds. The number of hydrogen-bond acceptors (Lipinski definition) is 4. The first-order valence-corrected chi connectivity index (χ1v) is 8.32. The maximum atomic E-state index is 11.8. The Bertz CT molecular complexity index is 689. The van der Waals surface area contributed by atoms with Gasteiger partial charge >= 0.3 is 0 Å². The smallest absolute Gasteiger partial charge is 0.250 e. The highest BCUT2D eigenvalue weighted by Gasteiger charge is 2.35. The molecule has 23 heavy (non-hydrogen) atoms.